The van der Waals surface area contributed by atoms with Crippen molar-refractivity contribution < 1.29 is 18.3 Å². The summed E-state index contributed by atoms with van der Waals surface area (Å²) in [5, 5.41) is 20.7. The van der Waals surface area contributed by atoms with E-state index in [0.717, 1.165) is 25.0 Å². The van der Waals surface area contributed by atoms with Gasteiger partial charge in [0.05, 0.1) is 12.2 Å². The number of hydrogen-bond acceptors (Lipinski definition) is 4. The van der Waals surface area contributed by atoms with Gasteiger partial charge in [0.15, 0.2) is 0 Å². The summed E-state index contributed by atoms with van der Waals surface area (Å²) in [5.41, 5.74) is -1.26. The fraction of sp³-hybridized carbons (Fsp3) is 0.500. The van der Waals surface area contributed by atoms with E-state index in [1.807, 2.05) is 0 Å². The molecule has 1 aliphatic rings. The highest BCUT2D eigenvalue weighted by molar-refractivity contribution is 5.52. The monoisotopic (exact) mass is 271 g/mol. The number of nitriles is 1. The second-order valence-corrected chi connectivity index (χ2v) is 4.71. The first kappa shape index (κ1) is 13.6. The van der Waals surface area contributed by atoms with Crippen molar-refractivity contribution in [2.45, 2.75) is 19.0 Å². The average Bonchev–Trinajstić information content (AvgIpc) is 3.15. The lowest BCUT2D eigenvalue weighted by atomic mass is 10.1. The summed E-state index contributed by atoms with van der Waals surface area (Å²) in [4.78, 5) is 3.44. The van der Waals surface area contributed by atoms with Crippen LogP contribution in [0.2, 0.25) is 0 Å². The standard InChI is InChI=1S/C12H12F3N3O/c13-12(14,15)9-2-1-8(5-16)10(18-9)17-6-11(7-19)3-4-11/h1-2,19H,3-4,6-7H2,(H,17,18). The van der Waals surface area contributed by atoms with E-state index in [9.17, 15) is 13.2 Å². The van der Waals surface area contributed by atoms with Gasteiger partial charge >= 0.3 is 6.18 Å². The summed E-state index contributed by atoms with van der Waals surface area (Å²) >= 11 is 0. The maximum absolute atomic E-state index is 12.5. The minimum atomic E-state index is -4.54. The van der Waals surface area contributed by atoms with E-state index in [0.29, 0.717) is 6.54 Å². The Hall–Kier alpha value is -1.81. The number of pyridine rings is 1. The molecule has 1 saturated carbocycles. The Kier molecular flexibility index (Phi) is 3.37. The summed E-state index contributed by atoms with van der Waals surface area (Å²) in [6.07, 6.45) is -2.91. The van der Waals surface area contributed by atoms with Crippen molar-refractivity contribution in [2.24, 2.45) is 5.41 Å². The zero-order chi connectivity index (χ0) is 14.1. The van der Waals surface area contributed by atoms with Gasteiger partial charge in [0, 0.05) is 12.0 Å². The molecule has 1 aliphatic carbocycles. The largest absolute Gasteiger partial charge is 0.433 e. The highest BCUT2D eigenvalue weighted by atomic mass is 19.4. The van der Waals surface area contributed by atoms with Gasteiger partial charge in [-0.15, -0.1) is 0 Å². The summed E-state index contributed by atoms with van der Waals surface area (Å²) in [5.74, 6) is -0.0861. The van der Waals surface area contributed by atoms with E-state index >= 15 is 0 Å². The predicted molar refractivity (Wildman–Crippen MR) is 61.2 cm³/mol. The minimum absolute atomic E-state index is 0.0269. The van der Waals surface area contributed by atoms with Crippen LogP contribution in [0.15, 0.2) is 12.1 Å². The number of rotatable bonds is 4. The van der Waals surface area contributed by atoms with Crippen molar-refractivity contribution in [3.05, 3.63) is 23.4 Å². The van der Waals surface area contributed by atoms with Crippen LogP contribution in [-0.4, -0.2) is 23.2 Å². The van der Waals surface area contributed by atoms with E-state index in [1.165, 1.54) is 0 Å². The van der Waals surface area contributed by atoms with Crippen LogP contribution in [0.4, 0.5) is 19.0 Å². The van der Waals surface area contributed by atoms with E-state index in [-0.39, 0.29) is 23.4 Å². The smallest absolute Gasteiger partial charge is 0.396 e. The number of alkyl halides is 3. The number of nitrogens with one attached hydrogen (secondary N) is 1. The van der Waals surface area contributed by atoms with E-state index in [2.05, 4.69) is 10.3 Å². The molecule has 102 valence electrons. The van der Waals surface area contributed by atoms with Crippen LogP contribution in [-0.2, 0) is 6.18 Å². The number of nitrogens with zero attached hydrogens (tertiary/aromatic N) is 2. The lowest BCUT2D eigenvalue weighted by molar-refractivity contribution is -0.141. The number of hydrogen-bond donors (Lipinski definition) is 2. The number of halogens is 3. The zero-order valence-corrected chi connectivity index (χ0v) is 9.96. The molecule has 19 heavy (non-hydrogen) atoms. The van der Waals surface area contributed by atoms with E-state index in [4.69, 9.17) is 10.4 Å². The number of aromatic nitrogens is 1. The van der Waals surface area contributed by atoms with Crippen LogP contribution < -0.4 is 5.32 Å². The molecule has 7 heteroatoms. The molecule has 0 radical (unpaired) electrons. The van der Waals surface area contributed by atoms with Gasteiger partial charge in [0.25, 0.3) is 0 Å². The second kappa shape index (κ2) is 4.70. The van der Waals surface area contributed by atoms with Gasteiger partial charge < -0.3 is 10.4 Å². The third-order valence-electron chi connectivity index (χ3n) is 3.23. The molecule has 0 unspecified atom stereocenters. The third-order valence-corrected chi connectivity index (χ3v) is 3.23. The summed E-state index contributed by atoms with van der Waals surface area (Å²) in [6.45, 7) is 0.285. The van der Waals surface area contributed by atoms with Gasteiger partial charge in [-0.2, -0.15) is 18.4 Å². The van der Waals surface area contributed by atoms with E-state index < -0.39 is 11.9 Å². The maximum atomic E-state index is 12.5. The Labute approximate surface area is 107 Å². The highest BCUT2D eigenvalue weighted by Gasteiger charge is 2.42. The molecule has 0 spiro atoms. The Balaban J connectivity index is 2.20. The normalized spacial score (nSPS) is 16.8. The van der Waals surface area contributed by atoms with Gasteiger partial charge in [-0.25, -0.2) is 4.98 Å². The highest BCUT2D eigenvalue weighted by Crippen LogP contribution is 2.45. The predicted octanol–water partition coefficient (Wildman–Crippen LogP) is 2.16. The Morgan fingerprint density at radius 3 is 2.58 bits per heavy atom. The molecule has 4 nitrogen and oxygen atoms in total. The summed E-state index contributed by atoms with van der Waals surface area (Å²) in [6, 6.07) is 3.67. The number of aliphatic hydroxyl groups excluding tert-OH is 1. The van der Waals surface area contributed by atoms with Crippen molar-refractivity contribution in [1.29, 1.82) is 5.26 Å². The average molecular weight is 271 g/mol. The molecule has 1 aromatic rings. The molecule has 1 aromatic heterocycles. The first-order valence-electron chi connectivity index (χ1n) is 5.73. The van der Waals surface area contributed by atoms with Gasteiger partial charge in [-0.3, -0.25) is 0 Å². The third kappa shape index (κ3) is 2.96. The Morgan fingerprint density at radius 2 is 2.11 bits per heavy atom. The molecule has 0 saturated heterocycles. The van der Waals surface area contributed by atoms with Gasteiger partial charge in [0.1, 0.15) is 17.6 Å². The molecule has 2 rings (SSSR count). The lowest BCUT2D eigenvalue weighted by Crippen LogP contribution is -2.21. The van der Waals surface area contributed by atoms with E-state index in [1.54, 1.807) is 6.07 Å². The fourth-order valence-electron chi connectivity index (χ4n) is 1.68. The van der Waals surface area contributed by atoms with Crippen LogP contribution in [0.3, 0.4) is 0 Å². The molecule has 0 amide bonds. The molecule has 1 heterocycles. The van der Waals surface area contributed by atoms with Crippen LogP contribution in [0.1, 0.15) is 24.1 Å². The number of anilines is 1. The van der Waals surface area contributed by atoms with Crippen molar-refractivity contribution in [3.8, 4) is 6.07 Å². The second-order valence-electron chi connectivity index (χ2n) is 4.71. The molecule has 1 fully saturated rings. The zero-order valence-electron chi connectivity index (χ0n) is 9.96. The maximum Gasteiger partial charge on any atom is 0.433 e. The Bertz CT molecular complexity index is 518. The van der Waals surface area contributed by atoms with Crippen molar-refractivity contribution in [3.63, 3.8) is 0 Å². The van der Waals surface area contributed by atoms with Gasteiger partial charge in [-0.05, 0) is 25.0 Å². The summed E-state index contributed by atoms with van der Waals surface area (Å²) < 4.78 is 37.6. The SMILES string of the molecule is N#Cc1ccc(C(F)(F)F)nc1NCC1(CO)CC1. The first-order chi connectivity index (χ1) is 8.90. The van der Waals surface area contributed by atoms with Gasteiger partial charge in [0.2, 0.25) is 0 Å². The van der Waals surface area contributed by atoms with Gasteiger partial charge in [-0.1, -0.05) is 0 Å². The minimum Gasteiger partial charge on any atom is -0.396 e. The molecule has 0 aliphatic heterocycles. The molecule has 2 N–H and O–H groups in total. The molecular weight excluding hydrogens is 259 g/mol. The first-order valence-corrected chi connectivity index (χ1v) is 5.73. The van der Waals surface area contributed by atoms with Crippen LogP contribution in [0.5, 0.6) is 0 Å². The summed E-state index contributed by atoms with van der Waals surface area (Å²) in [7, 11) is 0. The lowest BCUT2D eigenvalue weighted by Gasteiger charge is -2.15. The molecule has 0 bridgehead atoms. The fourth-order valence-corrected chi connectivity index (χ4v) is 1.68. The van der Waals surface area contributed by atoms with Crippen molar-refractivity contribution in [2.75, 3.05) is 18.5 Å². The molecular formula is C12H12F3N3O. The molecule has 0 aromatic carbocycles. The number of aliphatic hydroxyl groups is 1. The topological polar surface area (TPSA) is 68.9 Å². The quantitative estimate of drug-likeness (QED) is 0.880. The van der Waals surface area contributed by atoms with Crippen molar-refractivity contribution >= 4 is 5.82 Å². The van der Waals surface area contributed by atoms with Crippen molar-refractivity contribution in [1.82, 2.24) is 4.98 Å². The Morgan fingerprint density at radius 1 is 1.42 bits per heavy atom. The van der Waals surface area contributed by atoms with Crippen LogP contribution >= 0.6 is 0 Å². The van der Waals surface area contributed by atoms with Crippen LogP contribution in [0, 0.1) is 16.7 Å². The van der Waals surface area contributed by atoms with Crippen LogP contribution in [0.25, 0.3) is 0 Å². The molecule has 0 atom stereocenters.